The Bertz CT molecular complexity index is 952. The zero-order valence-corrected chi connectivity index (χ0v) is 14.6. The van der Waals surface area contributed by atoms with Crippen LogP contribution < -0.4 is 4.90 Å². The van der Waals surface area contributed by atoms with E-state index in [4.69, 9.17) is 0 Å². The van der Waals surface area contributed by atoms with Gasteiger partial charge in [-0.2, -0.15) is 5.10 Å². The summed E-state index contributed by atoms with van der Waals surface area (Å²) in [5.41, 5.74) is 1.47. The molecule has 2 aromatic heterocycles. The van der Waals surface area contributed by atoms with Gasteiger partial charge in [0.2, 0.25) is 0 Å². The van der Waals surface area contributed by atoms with Gasteiger partial charge in [0.15, 0.2) is 17.4 Å². The topological polar surface area (TPSA) is 101 Å². The molecule has 26 heavy (non-hydrogen) atoms. The third-order valence-electron chi connectivity index (χ3n) is 3.93. The molecule has 0 saturated carbocycles. The summed E-state index contributed by atoms with van der Waals surface area (Å²) in [7, 11) is 0. The molecule has 1 aromatic carbocycles. The van der Waals surface area contributed by atoms with Gasteiger partial charge in [-0.3, -0.25) is 9.69 Å². The minimum atomic E-state index is -1.10. The van der Waals surface area contributed by atoms with E-state index in [0.29, 0.717) is 35.5 Å². The van der Waals surface area contributed by atoms with Crippen molar-refractivity contribution in [3.63, 3.8) is 0 Å². The lowest BCUT2D eigenvalue weighted by Crippen LogP contribution is -2.32. The van der Waals surface area contributed by atoms with Crippen LogP contribution in [0.15, 0.2) is 36.5 Å². The van der Waals surface area contributed by atoms with Gasteiger partial charge in [-0.25, -0.2) is 19.4 Å². The molecule has 0 radical (unpaired) electrons. The number of carbonyl (C=O) groups is 2. The van der Waals surface area contributed by atoms with E-state index in [1.807, 2.05) is 37.3 Å². The molecule has 0 bridgehead atoms. The molecule has 2 heterocycles. The molecule has 1 N–H and O–H groups in total. The van der Waals surface area contributed by atoms with Gasteiger partial charge < -0.3 is 5.11 Å². The molecular formula is C18H19N5O3. The predicted octanol–water partition coefficient (Wildman–Crippen LogP) is 3.30. The third-order valence-corrected chi connectivity index (χ3v) is 3.93. The fraction of sp³-hybridized carbons (Fsp3) is 0.278. The average molecular weight is 353 g/mol. The molecule has 1 amide bonds. The molecule has 8 heteroatoms. The van der Waals surface area contributed by atoms with Crippen LogP contribution in [-0.2, 0) is 0 Å². The molecule has 0 saturated heterocycles. The fourth-order valence-corrected chi connectivity index (χ4v) is 2.64. The second kappa shape index (κ2) is 7.30. The molecule has 134 valence electrons. The van der Waals surface area contributed by atoms with Crippen molar-refractivity contribution in [2.24, 2.45) is 0 Å². The van der Waals surface area contributed by atoms with E-state index in [-0.39, 0.29) is 11.6 Å². The van der Waals surface area contributed by atoms with Gasteiger partial charge in [-0.05, 0) is 18.6 Å². The van der Waals surface area contributed by atoms with Crippen molar-refractivity contribution in [1.82, 2.24) is 19.7 Å². The molecule has 0 aliphatic heterocycles. The second-order valence-corrected chi connectivity index (χ2v) is 5.84. The number of benzene rings is 1. The van der Waals surface area contributed by atoms with Crippen molar-refractivity contribution in [3.8, 4) is 5.69 Å². The van der Waals surface area contributed by atoms with Crippen LogP contribution in [0.5, 0.6) is 0 Å². The number of nitrogens with zero attached hydrogens (tertiary/aromatic N) is 5. The molecule has 8 nitrogen and oxygen atoms in total. The first-order valence-electron chi connectivity index (χ1n) is 8.35. The molecular weight excluding hydrogens is 334 g/mol. The quantitative estimate of drug-likeness (QED) is 0.682. The summed E-state index contributed by atoms with van der Waals surface area (Å²) in [6.45, 7) is 3.66. The zero-order valence-electron chi connectivity index (χ0n) is 14.6. The number of anilines is 1. The molecule has 0 spiro atoms. The van der Waals surface area contributed by atoms with E-state index in [0.717, 1.165) is 6.42 Å². The first-order valence-corrected chi connectivity index (χ1v) is 8.35. The van der Waals surface area contributed by atoms with Crippen LogP contribution in [-0.4, -0.2) is 43.3 Å². The van der Waals surface area contributed by atoms with E-state index >= 15 is 0 Å². The minimum Gasteiger partial charge on any atom is -0.465 e. The van der Waals surface area contributed by atoms with Crippen LogP contribution in [0.4, 0.5) is 10.6 Å². The lowest BCUT2D eigenvalue weighted by Gasteiger charge is -2.20. The summed E-state index contributed by atoms with van der Waals surface area (Å²) in [4.78, 5) is 33.1. The monoisotopic (exact) mass is 353 g/mol. The van der Waals surface area contributed by atoms with Crippen LogP contribution >= 0.6 is 0 Å². The van der Waals surface area contributed by atoms with Gasteiger partial charge in [0.1, 0.15) is 11.0 Å². The molecule has 0 fully saturated rings. The lowest BCUT2D eigenvalue weighted by atomic mass is 10.3. The van der Waals surface area contributed by atoms with Gasteiger partial charge in [0.05, 0.1) is 11.9 Å². The smallest absolute Gasteiger partial charge is 0.413 e. The van der Waals surface area contributed by atoms with Crippen LogP contribution in [0, 0.1) is 0 Å². The molecule has 0 aliphatic rings. The Balaban J connectivity index is 2.28. The van der Waals surface area contributed by atoms with Crippen LogP contribution in [0.3, 0.4) is 0 Å². The molecule has 0 atom stereocenters. The Morgan fingerprint density at radius 2 is 1.96 bits per heavy atom. The number of Topliss-reactive ketones (excluding diaryl/α,β-unsaturated/α-hetero) is 1. The number of fused-ring (bicyclic) bond motifs is 1. The maximum absolute atomic E-state index is 11.9. The number of ketones is 1. The standard InChI is InChI=1S/C18H19N5O3/c1-3-4-10-22(18(25)26)17-15-14(11-19-16(20-15)12(2)24)21-23(17)13-8-6-5-7-9-13/h5-9,11H,3-4,10H2,1-2H3,(H,25,26). The number of para-hydroxylation sites is 1. The van der Waals surface area contributed by atoms with E-state index in [1.54, 1.807) is 0 Å². The first kappa shape index (κ1) is 17.5. The number of hydrogen-bond acceptors (Lipinski definition) is 5. The number of carbonyl (C=O) groups excluding carboxylic acids is 1. The molecule has 0 unspecified atom stereocenters. The maximum atomic E-state index is 11.9. The Morgan fingerprint density at radius 1 is 1.23 bits per heavy atom. The SMILES string of the molecule is CCCCN(C(=O)O)c1c2nc(C(C)=O)ncc2nn1-c1ccccc1. The number of unbranched alkanes of at least 4 members (excludes halogenated alkanes) is 1. The van der Waals surface area contributed by atoms with Gasteiger partial charge in [0, 0.05) is 13.5 Å². The highest BCUT2D eigenvalue weighted by molar-refractivity contribution is 5.99. The van der Waals surface area contributed by atoms with E-state index in [2.05, 4.69) is 15.1 Å². The van der Waals surface area contributed by atoms with Crippen molar-refractivity contribution >= 4 is 28.7 Å². The Morgan fingerprint density at radius 3 is 2.58 bits per heavy atom. The number of amides is 1. The Labute approximate surface area is 150 Å². The third kappa shape index (κ3) is 3.26. The normalized spacial score (nSPS) is 10.8. The van der Waals surface area contributed by atoms with Crippen molar-refractivity contribution in [3.05, 3.63) is 42.4 Å². The first-order chi connectivity index (χ1) is 12.5. The summed E-state index contributed by atoms with van der Waals surface area (Å²) in [5, 5.41) is 14.2. The highest BCUT2D eigenvalue weighted by Crippen LogP contribution is 2.28. The highest BCUT2D eigenvalue weighted by Gasteiger charge is 2.25. The highest BCUT2D eigenvalue weighted by atomic mass is 16.4. The second-order valence-electron chi connectivity index (χ2n) is 5.84. The fourth-order valence-electron chi connectivity index (χ4n) is 2.64. The summed E-state index contributed by atoms with van der Waals surface area (Å²) in [6.07, 6.45) is 1.88. The van der Waals surface area contributed by atoms with Gasteiger partial charge >= 0.3 is 6.09 Å². The number of rotatable bonds is 6. The van der Waals surface area contributed by atoms with Crippen LogP contribution in [0.2, 0.25) is 0 Å². The largest absolute Gasteiger partial charge is 0.465 e. The molecule has 3 aromatic rings. The van der Waals surface area contributed by atoms with Crippen LogP contribution in [0.1, 0.15) is 37.3 Å². The number of hydrogen-bond donors (Lipinski definition) is 1. The Kier molecular flexibility index (Phi) is 4.92. The zero-order chi connectivity index (χ0) is 18.7. The average Bonchev–Trinajstić information content (AvgIpc) is 3.01. The van der Waals surface area contributed by atoms with E-state index < -0.39 is 6.09 Å². The summed E-state index contributed by atoms with van der Waals surface area (Å²) in [5.74, 6) is 0.0602. The lowest BCUT2D eigenvalue weighted by molar-refractivity contribution is 0.100. The van der Waals surface area contributed by atoms with Crippen molar-refractivity contribution in [2.75, 3.05) is 11.4 Å². The summed E-state index contributed by atoms with van der Waals surface area (Å²) < 4.78 is 1.53. The minimum absolute atomic E-state index is 0.0344. The van der Waals surface area contributed by atoms with Crippen molar-refractivity contribution in [1.29, 1.82) is 0 Å². The molecule has 0 aliphatic carbocycles. The number of aromatic nitrogens is 4. The summed E-state index contributed by atoms with van der Waals surface area (Å²) in [6, 6.07) is 9.21. The molecule has 3 rings (SSSR count). The van der Waals surface area contributed by atoms with Crippen LogP contribution in [0.25, 0.3) is 16.7 Å². The Hall–Kier alpha value is -3.29. The summed E-state index contributed by atoms with van der Waals surface area (Å²) >= 11 is 0. The van der Waals surface area contributed by atoms with Crippen molar-refractivity contribution < 1.29 is 14.7 Å². The number of carboxylic acid groups (broad SMARTS) is 1. The van der Waals surface area contributed by atoms with E-state index in [9.17, 15) is 14.7 Å². The van der Waals surface area contributed by atoms with E-state index in [1.165, 1.54) is 22.7 Å². The van der Waals surface area contributed by atoms with Crippen molar-refractivity contribution in [2.45, 2.75) is 26.7 Å². The van der Waals surface area contributed by atoms with Gasteiger partial charge in [-0.15, -0.1) is 0 Å². The van der Waals surface area contributed by atoms with Gasteiger partial charge in [-0.1, -0.05) is 31.5 Å². The maximum Gasteiger partial charge on any atom is 0.413 e. The van der Waals surface area contributed by atoms with Gasteiger partial charge in [0.25, 0.3) is 0 Å². The predicted molar refractivity (Wildman–Crippen MR) is 96.9 cm³/mol.